The van der Waals surface area contributed by atoms with E-state index in [0.717, 1.165) is 12.0 Å². The van der Waals surface area contributed by atoms with Gasteiger partial charge in [-0.2, -0.15) is 0 Å². The topological polar surface area (TPSA) is 84.9 Å². The maximum atomic E-state index is 12.6. The van der Waals surface area contributed by atoms with E-state index in [1.165, 1.54) is 14.2 Å². The third-order valence-electron chi connectivity index (χ3n) is 4.12. The largest absolute Gasteiger partial charge is 0.497 e. The van der Waals surface area contributed by atoms with Crippen molar-refractivity contribution in [3.05, 3.63) is 59.2 Å². The average Bonchev–Trinajstić information content (AvgIpc) is 2.66. The molecular weight excluding hydrogens is 334 g/mol. The molecule has 2 N–H and O–H groups in total. The van der Waals surface area contributed by atoms with Crippen molar-refractivity contribution in [3.63, 3.8) is 0 Å². The summed E-state index contributed by atoms with van der Waals surface area (Å²) in [7, 11) is 3.02. The van der Waals surface area contributed by atoms with Gasteiger partial charge in [-0.15, -0.1) is 0 Å². The van der Waals surface area contributed by atoms with Crippen molar-refractivity contribution in [1.82, 2.24) is 5.32 Å². The number of carbonyl (C=O) groups excluding carboxylic acids is 1. The molecule has 138 valence electrons. The number of rotatable bonds is 8. The monoisotopic (exact) mass is 357 g/mol. The molecule has 6 heteroatoms. The number of benzene rings is 2. The summed E-state index contributed by atoms with van der Waals surface area (Å²) in [6.45, 7) is 2.04. The predicted molar refractivity (Wildman–Crippen MR) is 97.8 cm³/mol. The molecule has 2 aromatic carbocycles. The molecule has 0 aliphatic carbocycles. The van der Waals surface area contributed by atoms with Gasteiger partial charge in [-0.3, -0.25) is 9.59 Å². The van der Waals surface area contributed by atoms with E-state index in [4.69, 9.17) is 9.47 Å². The number of hydrogen-bond donors (Lipinski definition) is 2. The Morgan fingerprint density at radius 1 is 1.08 bits per heavy atom. The van der Waals surface area contributed by atoms with Crippen molar-refractivity contribution < 1.29 is 24.2 Å². The van der Waals surface area contributed by atoms with Crippen molar-refractivity contribution in [1.29, 1.82) is 0 Å². The van der Waals surface area contributed by atoms with Gasteiger partial charge in [-0.05, 0) is 36.2 Å². The van der Waals surface area contributed by atoms with Crippen LogP contribution in [-0.2, 0) is 11.2 Å². The minimum absolute atomic E-state index is 0.262. The number of aliphatic carboxylic acids is 1. The van der Waals surface area contributed by atoms with Crippen LogP contribution in [0.4, 0.5) is 0 Å². The molecule has 2 aromatic rings. The fourth-order valence-electron chi connectivity index (χ4n) is 2.65. The van der Waals surface area contributed by atoms with Crippen molar-refractivity contribution in [2.75, 3.05) is 14.2 Å². The lowest BCUT2D eigenvalue weighted by Gasteiger charge is -2.20. The Labute approximate surface area is 152 Å². The normalized spacial score (nSPS) is 11.5. The molecule has 26 heavy (non-hydrogen) atoms. The van der Waals surface area contributed by atoms with Gasteiger partial charge in [0.05, 0.1) is 26.7 Å². The number of ether oxygens (including phenoxy) is 2. The third-order valence-corrected chi connectivity index (χ3v) is 4.12. The maximum Gasteiger partial charge on any atom is 0.305 e. The Hall–Kier alpha value is -3.02. The highest BCUT2D eigenvalue weighted by Crippen LogP contribution is 2.31. The van der Waals surface area contributed by atoms with Crippen LogP contribution in [0.2, 0.25) is 0 Å². The third kappa shape index (κ3) is 4.75. The summed E-state index contributed by atoms with van der Waals surface area (Å²) in [5.74, 6) is -0.315. The van der Waals surface area contributed by atoms with Gasteiger partial charge in [0, 0.05) is 17.2 Å². The summed E-state index contributed by atoms with van der Waals surface area (Å²) in [4.78, 5) is 23.9. The minimum Gasteiger partial charge on any atom is -0.497 e. The highest BCUT2D eigenvalue weighted by Gasteiger charge is 2.22. The van der Waals surface area contributed by atoms with E-state index in [9.17, 15) is 14.7 Å². The molecule has 0 aliphatic heterocycles. The molecule has 0 fully saturated rings. The Morgan fingerprint density at radius 2 is 1.77 bits per heavy atom. The van der Waals surface area contributed by atoms with Gasteiger partial charge in [0.2, 0.25) is 0 Å². The van der Waals surface area contributed by atoms with Crippen LogP contribution in [0.25, 0.3) is 0 Å². The molecule has 0 aliphatic rings. The van der Waals surface area contributed by atoms with Crippen LogP contribution in [0, 0.1) is 0 Å². The predicted octanol–water partition coefficient (Wildman–Crippen LogP) is 3.21. The van der Waals surface area contributed by atoms with Crippen LogP contribution in [-0.4, -0.2) is 31.2 Å². The van der Waals surface area contributed by atoms with Gasteiger partial charge in [0.1, 0.15) is 11.5 Å². The van der Waals surface area contributed by atoms with Crippen molar-refractivity contribution in [2.45, 2.75) is 25.8 Å². The average molecular weight is 357 g/mol. The van der Waals surface area contributed by atoms with Crippen molar-refractivity contribution in [2.24, 2.45) is 0 Å². The lowest BCUT2D eigenvalue weighted by atomic mass is 10.0. The van der Waals surface area contributed by atoms with Crippen LogP contribution in [0.1, 0.15) is 40.9 Å². The number of nitrogens with one attached hydrogen (secondary N) is 1. The summed E-state index contributed by atoms with van der Waals surface area (Å²) in [6.07, 6.45) is 0.619. The smallest absolute Gasteiger partial charge is 0.305 e. The van der Waals surface area contributed by atoms with Crippen molar-refractivity contribution >= 4 is 11.9 Å². The van der Waals surface area contributed by atoms with E-state index in [-0.39, 0.29) is 12.3 Å². The summed E-state index contributed by atoms with van der Waals surface area (Å²) >= 11 is 0. The molecule has 0 spiro atoms. The van der Waals surface area contributed by atoms with Gasteiger partial charge in [0.15, 0.2) is 0 Å². The minimum atomic E-state index is -1.02. The molecule has 0 aromatic heterocycles. The molecule has 0 bridgehead atoms. The Balaban J connectivity index is 2.29. The van der Waals surface area contributed by atoms with E-state index in [0.29, 0.717) is 22.6 Å². The first-order chi connectivity index (χ1) is 12.5. The van der Waals surface area contributed by atoms with Crippen LogP contribution in [0.15, 0.2) is 42.5 Å². The van der Waals surface area contributed by atoms with Gasteiger partial charge in [-0.1, -0.05) is 19.1 Å². The number of carbonyl (C=O) groups is 2. The van der Waals surface area contributed by atoms with E-state index in [1.807, 2.05) is 19.1 Å². The van der Waals surface area contributed by atoms with Crippen LogP contribution < -0.4 is 14.8 Å². The number of amides is 1. The Kier molecular flexibility index (Phi) is 6.60. The van der Waals surface area contributed by atoms with Gasteiger partial charge >= 0.3 is 5.97 Å². The maximum absolute atomic E-state index is 12.6. The summed E-state index contributed by atoms with van der Waals surface area (Å²) in [5.41, 5.74) is 2.18. The molecule has 2 rings (SSSR count). The van der Waals surface area contributed by atoms with E-state index >= 15 is 0 Å². The summed E-state index contributed by atoms with van der Waals surface area (Å²) < 4.78 is 10.5. The summed E-state index contributed by atoms with van der Waals surface area (Å²) in [6, 6.07) is 11.6. The quantitative estimate of drug-likeness (QED) is 0.758. The number of carboxylic acid groups (broad SMARTS) is 1. The molecule has 0 saturated heterocycles. The second kappa shape index (κ2) is 8.89. The Morgan fingerprint density at radius 3 is 2.31 bits per heavy atom. The van der Waals surface area contributed by atoms with Crippen LogP contribution >= 0.6 is 0 Å². The number of methoxy groups -OCH3 is 2. The van der Waals surface area contributed by atoms with Gasteiger partial charge in [0.25, 0.3) is 5.91 Å². The zero-order valence-corrected chi connectivity index (χ0v) is 15.1. The molecule has 0 radical (unpaired) electrons. The zero-order valence-electron chi connectivity index (χ0n) is 15.1. The van der Waals surface area contributed by atoms with E-state index < -0.39 is 12.0 Å². The standard InChI is InChI=1S/C20H23NO5/c1-4-13-5-7-14(8-6-13)20(24)21-17(12-19(22)23)16-10-9-15(25-2)11-18(16)26-3/h5-11,17H,4,12H2,1-3H3,(H,21,24)(H,22,23). The molecular formula is C20H23NO5. The fourth-order valence-corrected chi connectivity index (χ4v) is 2.65. The second-order valence-corrected chi connectivity index (χ2v) is 5.78. The first kappa shape index (κ1) is 19.3. The molecule has 0 saturated carbocycles. The van der Waals surface area contributed by atoms with Crippen LogP contribution in [0.5, 0.6) is 11.5 Å². The van der Waals surface area contributed by atoms with E-state index in [2.05, 4.69) is 5.32 Å². The SMILES string of the molecule is CCc1ccc(C(=O)NC(CC(=O)O)c2ccc(OC)cc2OC)cc1. The molecule has 1 unspecified atom stereocenters. The second-order valence-electron chi connectivity index (χ2n) is 5.78. The molecule has 0 heterocycles. The number of aryl methyl sites for hydroxylation is 1. The van der Waals surface area contributed by atoms with Crippen molar-refractivity contribution in [3.8, 4) is 11.5 Å². The number of carboxylic acids is 1. The first-order valence-electron chi connectivity index (χ1n) is 8.32. The molecule has 1 amide bonds. The van der Waals surface area contributed by atoms with Crippen LogP contribution in [0.3, 0.4) is 0 Å². The Bertz CT molecular complexity index is 770. The highest BCUT2D eigenvalue weighted by atomic mass is 16.5. The summed E-state index contributed by atoms with van der Waals surface area (Å²) in [5, 5.41) is 12.0. The van der Waals surface area contributed by atoms with E-state index in [1.54, 1.807) is 30.3 Å². The lowest BCUT2D eigenvalue weighted by molar-refractivity contribution is -0.137. The number of hydrogen-bond acceptors (Lipinski definition) is 4. The zero-order chi connectivity index (χ0) is 19.1. The molecule has 6 nitrogen and oxygen atoms in total. The van der Waals surface area contributed by atoms with Gasteiger partial charge < -0.3 is 19.9 Å². The van der Waals surface area contributed by atoms with Gasteiger partial charge in [-0.25, -0.2) is 0 Å². The fraction of sp³-hybridized carbons (Fsp3) is 0.300. The molecule has 1 atom stereocenters. The first-order valence-corrected chi connectivity index (χ1v) is 8.32. The highest BCUT2D eigenvalue weighted by molar-refractivity contribution is 5.94. The lowest BCUT2D eigenvalue weighted by Crippen LogP contribution is -2.30.